The molecule has 1 aromatic carbocycles. The third-order valence-electron chi connectivity index (χ3n) is 3.82. The van der Waals surface area contributed by atoms with Crippen LogP contribution in [0.1, 0.15) is 26.3 Å². The standard InChI is InChI=1S/C18H19NO6S2/c1-9(2)14(17(23)24)19-15(20)13(27-18(19)26)8-11-4-6-12(7-5-11)25-10(3)16(21)22/h4-10,14H,1-3H3,(H,21,22)(H,23,24)/b13-8-. The average Bonchev–Trinajstić information content (AvgIpc) is 2.84. The van der Waals surface area contributed by atoms with E-state index in [0.29, 0.717) is 16.2 Å². The molecule has 2 N–H and O–H groups in total. The Balaban J connectivity index is 2.20. The van der Waals surface area contributed by atoms with Crippen LogP contribution in [-0.2, 0) is 14.4 Å². The number of carbonyl (C=O) groups excluding carboxylic acids is 1. The second kappa shape index (κ2) is 8.53. The Kier molecular flexibility index (Phi) is 6.61. The lowest BCUT2D eigenvalue weighted by atomic mass is 10.0. The number of ether oxygens (including phenoxy) is 1. The van der Waals surface area contributed by atoms with E-state index >= 15 is 0 Å². The van der Waals surface area contributed by atoms with Crippen LogP contribution in [-0.4, -0.2) is 49.4 Å². The molecule has 1 aliphatic rings. The second-order valence-corrected chi connectivity index (χ2v) is 7.92. The molecule has 9 heteroatoms. The lowest BCUT2D eigenvalue weighted by Crippen LogP contribution is -2.47. The normalized spacial score (nSPS) is 18.1. The topological polar surface area (TPSA) is 104 Å². The number of carboxylic acids is 2. The highest BCUT2D eigenvalue weighted by Gasteiger charge is 2.41. The van der Waals surface area contributed by atoms with Crippen LogP contribution >= 0.6 is 24.0 Å². The molecule has 1 amide bonds. The fraction of sp³-hybridized carbons (Fsp3) is 0.333. The summed E-state index contributed by atoms with van der Waals surface area (Å²) in [6.45, 7) is 4.87. The van der Waals surface area contributed by atoms with Gasteiger partial charge >= 0.3 is 11.9 Å². The van der Waals surface area contributed by atoms with E-state index in [9.17, 15) is 19.5 Å². The van der Waals surface area contributed by atoms with E-state index in [1.807, 2.05) is 0 Å². The molecule has 0 aromatic heterocycles. The first-order valence-corrected chi connectivity index (χ1v) is 9.33. The highest BCUT2D eigenvalue weighted by Crippen LogP contribution is 2.35. The molecule has 2 unspecified atom stereocenters. The van der Waals surface area contributed by atoms with Crippen molar-refractivity contribution < 1.29 is 29.3 Å². The Hall–Kier alpha value is -2.39. The summed E-state index contributed by atoms with van der Waals surface area (Å²) in [4.78, 5) is 36.5. The van der Waals surface area contributed by atoms with Crippen molar-refractivity contribution in [1.82, 2.24) is 4.90 Å². The number of nitrogens with zero attached hydrogens (tertiary/aromatic N) is 1. The lowest BCUT2D eigenvalue weighted by Gasteiger charge is -2.26. The van der Waals surface area contributed by atoms with Crippen molar-refractivity contribution in [2.75, 3.05) is 0 Å². The van der Waals surface area contributed by atoms with Gasteiger partial charge in [-0.25, -0.2) is 9.59 Å². The maximum atomic E-state index is 12.7. The monoisotopic (exact) mass is 409 g/mol. The van der Waals surface area contributed by atoms with Crippen LogP contribution in [0.4, 0.5) is 0 Å². The van der Waals surface area contributed by atoms with Crippen molar-refractivity contribution in [3.63, 3.8) is 0 Å². The number of aliphatic carboxylic acids is 2. The van der Waals surface area contributed by atoms with Crippen molar-refractivity contribution in [3.8, 4) is 5.75 Å². The molecule has 1 fully saturated rings. The highest BCUT2D eigenvalue weighted by molar-refractivity contribution is 8.26. The first kappa shape index (κ1) is 20.9. The summed E-state index contributed by atoms with van der Waals surface area (Å²) in [5.41, 5.74) is 0.683. The van der Waals surface area contributed by atoms with Crippen LogP contribution in [0.15, 0.2) is 29.2 Å². The van der Waals surface area contributed by atoms with E-state index in [4.69, 9.17) is 22.1 Å². The first-order valence-electron chi connectivity index (χ1n) is 8.11. The van der Waals surface area contributed by atoms with Crippen molar-refractivity contribution in [3.05, 3.63) is 34.7 Å². The van der Waals surface area contributed by atoms with Gasteiger partial charge in [-0.2, -0.15) is 0 Å². The zero-order chi connectivity index (χ0) is 20.3. The predicted molar refractivity (Wildman–Crippen MR) is 105 cm³/mol. The fourth-order valence-corrected chi connectivity index (χ4v) is 3.79. The van der Waals surface area contributed by atoms with Crippen LogP contribution in [0, 0.1) is 5.92 Å². The number of benzene rings is 1. The molecule has 0 bridgehead atoms. The minimum atomic E-state index is -1.10. The van der Waals surface area contributed by atoms with Crippen molar-refractivity contribution in [1.29, 1.82) is 0 Å². The van der Waals surface area contributed by atoms with E-state index in [0.717, 1.165) is 16.7 Å². The molecule has 0 aliphatic carbocycles. The number of hydrogen-bond donors (Lipinski definition) is 2. The van der Waals surface area contributed by atoms with Gasteiger partial charge in [0.05, 0.1) is 4.91 Å². The van der Waals surface area contributed by atoms with Gasteiger partial charge in [0.25, 0.3) is 5.91 Å². The molecular weight excluding hydrogens is 390 g/mol. The summed E-state index contributed by atoms with van der Waals surface area (Å²) < 4.78 is 5.46. The quantitative estimate of drug-likeness (QED) is 0.523. The first-order chi connectivity index (χ1) is 12.6. The SMILES string of the molecule is CC(Oc1ccc(/C=C2\SC(=S)N(C(C(=O)O)C(C)C)C2=O)cc1)C(=O)O. The van der Waals surface area contributed by atoms with Crippen molar-refractivity contribution >= 4 is 52.2 Å². The zero-order valence-electron chi connectivity index (χ0n) is 14.9. The molecule has 0 radical (unpaired) electrons. The van der Waals surface area contributed by atoms with E-state index in [-0.39, 0.29) is 10.2 Å². The van der Waals surface area contributed by atoms with Crippen LogP contribution in [0.5, 0.6) is 5.75 Å². The molecule has 27 heavy (non-hydrogen) atoms. The van der Waals surface area contributed by atoms with Crippen LogP contribution < -0.4 is 4.74 Å². The number of hydrogen-bond acceptors (Lipinski definition) is 6. The van der Waals surface area contributed by atoms with Gasteiger partial charge in [-0.15, -0.1) is 0 Å². The number of thiocarbonyl (C=S) groups is 1. The third kappa shape index (κ3) is 4.86. The van der Waals surface area contributed by atoms with E-state index in [2.05, 4.69) is 0 Å². The van der Waals surface area contributed by atoms with Gasteiger partial charge in [0, 0.05) is 0 Å². The summed E-state index contributed by atoms with van der Waals surface area (Å²) in [5, 5.41) is 18.3. The number of thioether (sulfide) groups is 1. The number of carboxylic acid groups (broad SMARTS) is 2. The summed E-state index contributed by atoms with van der Waals surface area (Å²) in [6, 6.07) is 5.53. The maximum absolute atomic E-state index is 12.7. The average molecular weight is 409 g/mol. The molecule has 0 spiro atoms. The van der Waals surface area contributed by atoms with E-state index in [1.165, 1.54) is 6.92 Å². The van der Waals surface area contributed by atoms with Gasteiger partial charge in [-0.1, -0.05) is 50.0 Å². The molecule has 1 heterocycles. The van der Waals surface area contributed by atoms with E-state index in [1.54, 1.807) is 44.2 Å². The van der Waals surface area contributed by atoms with Gasteiger partial charge in [-0.05, 0) is 36.6 Å². The van der Waals surface area contributed by atoms with Gasteiger partial charge in [0.1, 0.15) is 16.1 Å². The third-order valence-corrected chi connectivity index (χ3v) is 5.16. The van der Waals surface area contributed by atoms with Gasteiger partial charge < -0.3 is 14.9 Å². The summed E-state index contributed by atoms with van der Waals surface area (Å²) >= 11 is 6.26. The van der Waals surface area contributed by atoms with Crippen molar-refractivity contribution in [2.45, 2.75) is 32.9 Å². The van der Waals surface area contributed by atoms with Gasteiger partial charge in [0.15, 0.2) is 6.10 Å². The summed E-state index contributed by atoms with van der Waals surface area (Å²) in [6.07, 6.45) is 0.638. The molecule has 2 atom stereocenters. The lowest BCUT2D eigenvalue weighted by molar-refractivity contribution is -0.146. The zero-order valence-corrected chi connectivity index (χ0v) is 16.5. The molecule has 144 valence electrons. The van der Waals surface area contributed by atoms with Gasteiger partial charge in [0.2, 0.25) is 0 Å². The highest BCUT2D eigenvalue weighted by atomic mass is 32.2. The molecule has 2 rings (SSSR count). The Labute approximate surface area is 166 Å². The minimum absolute atomic E-state index is 0.211. The molecule has 1 saturated heterocycles. The van der Waals surface area contributed by atoms with E-state index < -0.39 is 30.0 Å². The molecule has 0 saturated carbocycles. The van der Waals surface area contributed by atoms with Crippen molar-refractivity contribution in [2.24, 2.45) is 5.92 Å². The Morgan fingerprint density at radius 2 is 1.74 bits per heavy atom. The Morgan fingerprint density at radius 3 is 2.22 bits per heavy atom. The van der Waals surface area contributed by atoms with Crippen LogP contribution in [0.3, 0.4) is 0 Å². The number of carbonyl (C=O) groups is 3. The fourth-order valence-electron chi connectivity index (χ4n) is 2.46. The summed E-state index contributed by atoms with van der Waals surface area (Å²) in [7, 11) is 0. The Bertz CT molecular complexity index is 803. The summed E-state index contributed by atoms with van der Waals surface area (Å²) in [5.74, 6) is -2.51. The number of amides is 1. The molecule has 7 nitrogen and oxygen atoms in total. The molecule has 1 aliphatic heterocycles. The largest absolute Gasteiger partial charge is 0.480 e. The molecule has 1 aromatic rings. The van der Waals surface area contributed by atoms with Gasteiger partial charge in [-0.3, -0.25) is 9.69 Å². The second-order valence-electron chi connectivity index (χ2n) is 6.25. The Morgan fingerprint density at radius 1 is 1.15 bits per heavy atom. The minimum Gasteiger partial charge on any atom is -0.480 e. The van der Waals surface area contributed by atoms with Crippen LogP contribution in [0.25, 0.3) is 6.08 Å². The number of rotatable bonds is 7. The molecular formula is C18H19NO6S2. The van der Waals surface area contributed by atoms with Crippen LogP contribution in [0.2, 0.25) is 0 Å². The smallest absolute Gasteiger partial charge is 0.344 e. The predicted octanol–water partition coefficient (Wildman–Crippen LogP) is 2.85. The maximum Gasteiger partial charge on any atom is 0.344 e.